The van der Waals surface area contributed by atoms with Crippen LogP contribution in [0.1, 0.15) is 21.5 Å². The molecule has 0 amide bonds. The Kier molecular flexibility index (Phi) is 6.33. The first-order chi connectivity index (χ1) is 15.0. The van der Waals surface area contributed by atoms with Gasteiger partial charge >= 0.3 is 0 Å². The highest BCUT2D eigenvalue weighted by atomic mass is 16.8. The van der Waals surface area contributed by atoms with Crippen LogP contribution < -0.4 is 9.96 Å². The minimum atomic E-state index is -1.05. The smallest absolute Gasteiger partial charge is 0.231 e. The summed E-state index contributed by atoms with van der Waals surface area (Å²) in [7, 11) is 0. The number of carbonyl (C=O) groups is 1. The van der Waals surface area contributed by atoms with E-state index in [-0.39, 0.29) is 29.6 Å². The number of quaternary nitrogens is 1. The first kappa shape index (κ1) is 21.4. The molecule has 1 unspecified atom stereocenters. The average Bonchev–Trinajstić information content (AvgIpc) is 3.07. The molecular weight excluding hydrogens is 402 g/mol. The number of phenols is 1. The Hall–Kier alpha value is -2.79. The molecule has 164 valence electrons. The van der Waals surface area contributed by atoms with Crippen LogP contribution in [0.2, 0.25) is 0 Å². The number of carbonyl (C=O) groups excluding carboxylic acids is 1. The second-order valence-corrected chi connectivity index (χ2v) is 7.65. The minimum Gasteiger partial charge on any atom is -0.595 e. The highest BCUT2D eigenvalue weighted by Gasteiger charge is 2.32. The molecule has 2 aromatic rings. The molecule has 0 spiro atoms. The van der Waals surface area contributed by atoms with Crippen molar-refractivity contribution in [2.75, 3.05) is 39.3 Å². The van der Waals surface area contributed by atoms with Gasteiger partial charge < -0.3 is 20.2 Å². The summed E-state index contributed by atoms with van der Waals surface area (Å²) in [4.78, 5) is 17.2. The number of aromatic hydroxyl groups is 1. The number of nitrogens with zero attached hydrogens (tertiary/aromatic N) is 2. The van der Waals surface area contributed by atoms with Crippen molar-refractivity contribution in [3.63, 3.8) is 0 Å². The maximum absolute atomic E-state index is 12.9. The zero-order valence-electron chi connectivity index (χ0n) is 17.0. The average molecular weight is 427 g/mol. The molecule has 1 fully saturated rings. The molecule has 1 atom stereocenters. The number of phenolic OH excluding ortho intramolecular Hbond substituents is 1. The van der Waals surface area contributed by atoms with E-state index in [4.69, 9.17) is 15.1 Å². The SMILES string of the molecule is O=C1C(=Cc2cccc([NH+]([O-])O)c2)Oc2c1ccc(O)c2CN1CCN(CCO)CC1. The molecule has 0 bridgehead atoms. The Balaban J connectivity index is 1.55. The van der Waals surface area contributed by atoms with Crippen molar-refractivity contribution in [1.82, 2.24) is 9.80 Å². The van der Waals surface area contributed by atoms with Gasteiger partial charge in [-0.15, -0.1) is 0 Å². The summed E-state index contributed by atoms with van der Waals surface area (Å²) in [6.07, 6.45) is 1.52. The van der Waals surface area contributed by atoms with Gasteiger partial charge in [0.05, 0.1) is 17.7 Å². The Morgan fingerprint density at radius 1 is 1.13 bits per heavy atom. The standard InChI is InChI=1S/C22H25N3O6/c26-11-10-23-6-8-24(9-7-23)14-18-19(27)5-4-17-21(28)20(31-22(17)18)13-15-2-1-3-16(12-15)25(29)30/h1-5,12-13,25-27,29H,6-11,14H2. The Morgan fingerprint density at radius 3 is 2.58 bits per heavy atom. The molecule has 2 aliphatic rings. The van der Waals surface area contributed by atoms with Gasteiger partial charge in [-0.3, -0.25) is 14.6 Å². The number of β-amino-alcohol motifs (C(OH)–C–C–N with tert-alkyl or cyclic N) is 1. The van der Waals surface area contributed by atoms with E-state index >= 15 is 0 Å². The normalized spacial score (nSPS) is 19.5. The van der Waals surface area contributed by atoms with Gasteiger partial charge in [-0.1, -0.05) is 12.1 Å². The number of allylic oxidation sites excluding steroid dienone is 1. The van der Waals surface area contributed by atoms with E-state index in [9.17, 15) is 15.1 Å². The lowest BCUT2D eigenvalue weighted by Crippen LogP contribution is -2.99. The van der Waals surface area contributed by atoms with Crippen LogP contribution >= 0.6 is 0 Å². The quantitative estimate of drug-likeness (QED) is 0.389. The maximum Gasteiger partial charge on any atom is 0.231 e. The van der Waals surface area contributed by atoms with Gasteiger partial charge in [0.1, 0.15) is 11.5 Å². The number of aliphatic hydroxyl groups is 1. The maximum atomic E-state index is 12.9. The minimum absolute atomic E-state index is 0.0680. The predicted molar refractivity (Wildman–Crippen MR) is 112 cm³/mol. The van der Waals surface area contributed by atoms with Crippen molar-refractivity contribution in [2.24, 2.45) is 0 Å². The van der Waals surface area contributed by atoms with Crippen LogP contribution in [-0.2, 0) is 6.54 Å². The topological polar surface area (TPSA) is 121 Å². The van der Waals surface area contributed by atoms with E-state index in [1.807, 2.05) is 0 Å². The highest BCUT2D eigenvalue weighted by molar-refractivity contribution is 6.15. The Labute approximate surface area is 179 Å². The zero-order chi connectivity index (χ0) is 22.0. The van der Waals surface area contributed by atoms with E-state index in [0.29, 0.717) is 35.5 Å². The molecule has 9 heteroatoms. The van der Waals surface area contributed by atoms with Crippen molar-refractivity contribution in [1.29, 1.82) is 0 Å². The molecule has 2 heterocycles. The third kappa shape index (κ3) is 4.62. The van der Waals surface area contributed by atoms with Gasteiger partial charge in [-0.2, -0.15) is 5.23 Å². The molecule has 0 aromatic heterocycles. The molecule has 2 aliphatic heterocycles. The van der Waals surface area contributed by atoms with E-state index in [1.165, 1.54) is 24.3 Å². The molecule has 4 N–H and O–H groups in total. The number of hydrogen-bond acceptors (Lipinski definition) is 8. The summed E-state index contributed by atoms with van der Waals surface area (Å²) in [5.74, 6) is 0.212. The monoisotopic (exact) mass is 427 g/mol. The Morgan fingerprint density at radius 2 is 1.87 bits per heavy atom. The summed E-state index contributed by atoms with van der Waals surface area (Å²) in [6, 6.07) is 9.31. The molecule has 1 saturated heterocycles. The number of hydrogen-bond donors (Lipinski definition) is 4. The number of Topliss-reactive ketones (excluding diaryl/α,β-unsaturated/α-hetero) is 1. The largest absolute Gasteiger partial charge is 0.595 e. The number of ketones is 1. The van der Waals surface area contributed by atoms with Crippen molar-refractivity contribution >= 4 is 17.5 Å². The van der Waals surface area contributed by atoms with Crippen LogP contribution in [0.4, 0.5) is 5.69 Å². The van der Waals surface area contributed by atoms with Crippen molar-refractivity contribution < 1.29 is 30.2 Å². The first-order valence-corrected chi connectivity index (χ1v) is 10.1. The first-order valence-electron chi connectivity index (χ1n) is 10.1. The molecule has 0 radical (unpaired) electrons. The number of ether oxygens (including phenoxy) is 1. The van der Waals surface area contributed by atoms with Crippen LogP contribution in [0.15, 0.2) is 42.2 Å². The molecular formula is C22H25N3O6. The second-order valence-electron chi connectivity index (χ2n) is 7.65. The molecule has 31 heavy (non-hydrogen) atoms. The molecule has 0 saturated carbocycles. The van der Waals surface area contributed by atoms with E-state index in [2.05, 4.69) is 9.80 Å². The van der Waals surface area contributed by atoms with Crippen LogP contribution in [0, 0.1) is 5.21 Å². The van der Waals surface area contributed by atoms with E-state index in [0.717, 1.165) is 26.2 Å². The number of nitrogens with one attached hydrogen (secondary N) is 1. The lowest BCUT2D eigenvalue weighted by Gasteiger charge is -2.34. The molecule has 4 rings (SSSR count). The third-order valence-electron chi connectivity index (χ3n) is 5.61. The summed E-state index contributed by atoms with van der Waals surface area (Å²) in [6.45, 7) is 4.42. The number of aliphatic hydroxyl groups excluding tert-OH is 1. The third-order valence-corrected chi connectivity index (χ3v) is 5.61. The van der Waals surface area contributed by atoms with Crippen molar-refractivity contribution in [3.05, 3.63) is 64.1 Å². The van der Waals surface area contributed by atoms with Gasteiger partial charge in [0.25, 0.3) is 0 Å². The van der Waals surface area contributed by atoms with Gasteiger partial charge in [0.15, 0.2) is 11.4 Å². The van der Waals surface area contributed by atoms with Crippen molar-refractivity contribution in [3.8, 4) is 11.5 Å². The van der Waals surface area contributed by atoms with E-state index in [1.54, 1.807) is 18.2 Å². The fraction of sp³-hybridized carbons (Fsp3) is 0.318. The van der Waals surface area contributed by atoms with Crippen LogP contribution in [-0.4, -0.2) is 70.3 Å². The number of fused-ring (bicyclic) bond motifs is 1. The highest BCUT2D eigenvalue weighted by Crippen LogP contribution is 2.40. The van der Waals surface area contributed by atoms with Gasteiger partial charge in [0, 0.05) is 51.4 Å². The fourth-order valence-electron chi connectivity index (χ4n) is 3.90. The van der Waals surface area contributed by atoms with Crippen LogP contribution in [0.25, 0.3) is 6.08 Å². The number of rotatable bonds is 6. The van der Waals surface area contributed by atoms with E-state index < -0.39 is 5.23 Å². The lowest BCUT2D eigenvalue weighted by atomic mass is 10.0. The van der Waals surface area contributed by atoms with Crippen LogP contribution in [0.3, 0.4) is 0 Å². The van der Waals surface area contributed by atoms with Gasteiger partial charge in [-0.25, -0.2) is 5.21 Å². The molecule has 2 aromatic carbocycles. The molecule has 9 nitrogen and oxygen atoms in total. The van der Waals surface area contributed by atoms with Gasteiger partial charge in [-0.05, 0) is 23.8 Å². The summed E-state index contributed by atoms with van der Waals surface area (Å²) in [5.41, 5.74) is 1.61. The number of piperazine rings is 1. The second kappa shape index (κ2) is 9.15. The fourth-order valence-corrected chi connectivity index (χ4v) is 3.90. The van der Waals surface area contributed by atoms with Gasteiger partial charge in [0.2, 0.25) is 5.78 Å². The Bertz CT molecular complexity index is 999. The summed E-state index contributed by atoms with van der Waals surface area (Å²) >= 11 is 0. The number of benzene rings is 2. The predicted octanol–water partition coefficient (Wildman–Crippen LogP) is 0.522. The van der Waals surface area contributed by atoms with Crippen molar-refractivity contribution in [2.45, 2.75) is 6.54 Å². The van der Waals surface area contributed by atoms with Crippen LogP contribution in [0.5, 0.6) is 11.5 Å². The molecule has 0 aliphatic carbocycles. The summed E-state index contributed by atoms with van der Waals surface area (Å²) in [5, 5.41) is 38.9. The lowest BCUT2D eigenvalue weighted by molar-refractivity contribution is -0.991. The summed E-state index contributed by atoms with van der Waals surface area (Å²) < 4.78 is 5.87. The zero-order valence-corrected chi connectivity index (χ0v) is 17.0.